The highest BCUT2D eigenvalue weighted by molar-refractivity contribution is 5.70. The van der Waals surface area contributed by atoms with Crippen molar-refractivity contribution in [3.8, 4) is 6.07 Å². The third kappa shape index (κ3) is 4.96. The van der Waals surface area contributed by atoms with Gasteiger partial charge in [-0.3, -0.25) is 4.90 Å². The van der Waals surface area contributed by atoms with E-state index in [1.54, 1.807) is 4.90 Å². The minimum atomic E-state index is -0.776. The molecule has 1 saturated heterocycles. The molecule has 1 aromatic rings. The van der Waals surface area contributed by atoms with Crippen LogP contribution < -0.4 is 0 Å². The molecule has 0 aromatic heterocycles. The molecule has 0 bridgehead atoms. The molecule has 0 spiro atoms. The van der Waals surface area contributed by atoms with Crippen LogP contribution in [0.25, 0.3) is 0 Å². The second-order valence-electron chi connectivity index (χ2n) is 7.91. The summed E-state index contributed by atoms with van der Waals surface area (Å²) < 4.78 is 11.8. The van der Waals surface area contributed by atoms with Gasteiger partial charge >= 0.3 is 6.09 Å². The van der Waals surface area contributed by atoms with E-state index in [1.807, 2.05) is 65.0 Å². The van der Waals surface area contributed by atoms with Crippen molar-refractivity contribution in [2.75, 3.05) is 0 Å². The molecule has 0 unspecified atom stereocenters. The van der Waals surface area contributed by atoms with Gasteiger partial charge in [0.25, 0.3) is 0 Å². The van der Waals surface area contributed by atoms with Crippen LogP contribution >= 0.6 is 0 Å². The Balaban J connectivity index is 2.30. The Hall–Kier alpha value is -2.06. The van der Waals surface area contributed by atoms with E-state index in [2.05, 4.69) is 6.07 Å². The number of rotatable bonds is 4. The summed E-state index contributed by atoms with van der Waals surface area (Å²) in [4.78, 5) is 14.6. The molecule has 25 heavy (non-hydrogen) atoms. The number of hydrogen-bond acceptors (Lipinski definition) is 4. The molecular formula is C20H28N2O3. The first-order valence-electron chi connectivity index (χ1n) is 8.75. The Morgan fingerprint density at radius 2 is 1.96 bits per heavy atom. The number of nitrogens with zero attached hydrogens (tertiary/aromatic N) is 2. The second kappa shape index (κ2) is 7.45. The van der Waals surface area contributed by atoms with Gasteiger partial charge in [-0.15, -0.1) is 0 Å². The van der Waals surface area contributed by atoms with Gasteiger partial charge in [-0.1, -0.05) is 30.3 Å². The van der Waals surface area contributed by atoms with E-state index < -0.39 is 11.3 Å². The summed E-state index contributed by atoms with van der Waals surface area (Å²) in [5, 5.41) is 8.95. The van der Waals surface area contributed by atoms with Crippen molar-refractivity contribution < 1.29 is 14.3 Å². The molecule has 2 rings (SSSR count). The molecule has 5 nitrogen and oxygen atoms in total. The molecule has 0 N–H and O–H groups in total. The minimum Gasteiger partial charge on any atom is -0.444 e. The molecule has 5 heteroatoms. The summed E-state index contributed by atoms with van der Waals surface area (Å²) in [5.74, 6) is 0. The monoisotopic (exact) mass is 344 g/mol. The number of carbonyl (C=O) groups excluding carboxylic acids is 1. The quantitative estimate of drug-likeness (QED) is 0.818. The summed E-state index contributed by atoms with van der Waals surface area (Å²) in [6.45, 7) is 9.32. The molecule has 1 aliphatic heterocycles. The first-order valence-corrected chi connectivity index (χ1v) is 8.75. The first kappa shape index (κ1) is 19.3. The highest BCUT2D eigenvalue weighted by atomic mass is 16.6. The fourth-order valence-corrected chi connectivity index (χ4v) is 3.27. The molecular weight excluding hydrogens is 316 g/mol. The van der Waals surface area contributed by atoms with Gasteiger partial charge in [-0.05, 0) is 53.0 Å². The number of ether oxygens (including phenoxy) is 2. The number of benzene rings is 1. The molecule has 1 fully saturated rings. The molecule has 1 amide bonds. The summed E-state index contributed by atoms with van der Waals surface area (Å²) in [5.41, 5.74) is -0.221. The van der Waals surface area contributed by atoms with Crippen molar-refractivity contribution in [3.63, 3.8) is 0 Å². The molecule has 1 aliphatic rings. The normalized spacial score (nSPS) is 22.5. The third-order valence-corrected chi connectivity index (χ3v) is 4.20. The second-order valence-corrected chi connectivity index (χ2v) is 7.91. The van der Waals surface area contributed by atoms with Crippen molar-refractivity contribution in [1.82, 2.24) is 4.90 Å². The van der Waals surface area contributed by atoms with Gasteiger partial charge < -0.3 is 9.47 Å². The maximum absolute atomic E-state index is 12.9. The zero-order valence-corrected chi connectivity index (χ0v) is 15.8. The number of hydrogen-bond donors (Lipinski definition) is 0. The van der Waals surface area contributed by atoms with E-state index in [9.17, 15) is 4.79 Å². The van der Waals surface area contributed by atoms with Crippen LogP contribution in [0.2, 0.25) is 0 Å². The zero-order chi connectivity index (χ0) is 18.7. The smallest absolute Gasteiger partial charge is 0.412 e. The van der Waals surface area contributed by atoms with Crippen molar-refractivity contribution >= 4 is 6.09 Å². The van der Waals surface area contributed by atoms with Crippen molar-refractivity contribution in [2.24, 2.45) is 0 Å². The van der Waals surface area contributed by atoms with E-state index in [0.717, 1.165) is 5.56 Å². The predicted octanol–water partition coefficient (Wildman–Crippen LogP) is 4.27. The van der Waals surface area contributed by atoms with Crippen LogP contribution in [0, 0.1) is 11.3 Å². The Morgan fingerprint density at radius 3 is 2.52 bits per heavy atom. The fourth-order valence-electron chi connectivity index (χ4n) is 3.27. The number of amides is 1. The van der Waals surface area contributed by atoms with Crippen LogP contribution in [-0.4, -0.2) is 34.5 Å². The van der Waals surface area contributed by atoms with E-state index >= 15 is 0 Å². The highest BCUT2D eigenvalue weighted by Crippen LogP contribution is 2.37. The van der Waals surface area contributed by atoms with Gasteiger partial charge in [0.05, 0.1) is 18.2 Å². The van der Waals surface area contributed by atoms with Gasteiger partial charge in [-0.25, -0.2) is 4.79 Å². The predicted molar refractivity (Wildman–Crippen MR) is 95.8 cm³/mol. The van der Waals surface area contributed by atoms with Crippen LogP contribution in [0.4, 0.5) is 4.79 Å². The van der Waals surface area contributed by atoms with E-state index in [4.69, 9.17) is 14.7 Å². The van der Waals surface area contributed by atoms with Gasteiger partial charge in [0.1, 0.15) is 11.3 Å². The van der Waals surface area contributed by atoms with Crippen molar-refractivity contribution in [3.05, 3.63) is 35.9 Å². The Morgan fingerprint density at radius 1 is 1.32 bits per heavy atom. The average Bonchev–Trinajstić information content (AvgIpc) is 2.74. The van der Waals surface area contributed by atoms with E-state index in [0.29, 0.717) is 19.3 Å². The van der Waals surface area contributed by atoms with Crippen LogP contribution in [0.3, 0.4) is 0 Å². The lowest BCUT2D eigenvalue weighted by molar-refractivity contribution is -0.0795. The summed E-state index contributed by atoms with van der Waals surface area (Å²) in [6, 6.07) is 12.0. The third-order valence-electron chi connectivity index (χ3n) is 4.20. The van der Waals surface area contributed by atoms with E-state index in [1.165, 1.54) is 0 Å². The van der Waals surface area contributed by atoms with Gasteiger partial charge in [-0.2, -0.15) is 5.26 Å². The minimum absolute atomic E-state index is 0.166. The number of carbonyl (C=O) groups is 1. The SMILES string of the molecule is CC(C)(C)OC(=O)N1[C@@H](Cc2ccccc2)[C@H](CCC#N)OC1(C)C. The Kier molecular flexibility index (Phi) is 5.74. The standard InChI is InChI=1S/C20H28N2O3/c1-19(2,3)25-18(23)22-16(14-15-10-7-6-8-11-15)17(12-9-13-21)24-20(22,4)5/h6-8,10-11,16-17H,9,12,14H2,1-5H3/t16-,17-/m0/s1. The van der Waals surface area contributed by atoms with Crippen LogP contribution in [0.1, 0.15) is 53.0 Å². The van der Waals surface area contributed by atoms with Gasteiger partial charge in [0.15, 0.2) is 0 Å². The molecule has 1 heterocycles. The molecule has 2 atom stereocenters. The largest absolute Gasteiger partial charge is 0.444 e. The molecule has 136 valence electrons. The van der Waals surface area contributed by atoms with Crippen molar-refractivity contribution in [1.29, 1.82) is 5.26 Å². The maximum atomic E-state index is 12.9. The lowest BCUT2D eigenvalue weighted by Gasteiger charge is -2.35. The zero-order valence-electron chi connectivity index (χ0n) is 15.8. The molecule has 0 aliphatic carbocycles. The lowest BCUT2D eigenvalue weighted by Crippen LogP contribution is -2.51. The van der Waals surface area contributed by atoms with Gasteiger partial charge in [0.2, 0.25) is 0 Å². The number of nitriles is 1. The highest BCUT2D eigenvalue weighted by Gasteiger charge is 2.50. The Bertz CT molecular complexity index is 629. The van der Waals surface area contributed by atoms with Crippen LogP contribution in [0.15, 0.2) is 30.3 Å². The molecule has 1 aromatic carbocycles. The summed E-state index contributed by atoms with van der Waals surface area (Å²) in [7, 11) is 0. The average molecular weight is 344 g/mol. The first-order chi connectivity index (χ1) is 11.6. The van der Waals surface area contributed by atoms with E-state index in [-0.39, 0.29) is 18.2 Å². The molecule has 0 radical (unpaired) electrons. The van der Waals surface area contributed by atoms with Gasteiger partial charge in [0, 0.05) is 6.42 Å². The summed E-state index contributed by atoms with van der Waals surface area (Å²) in [6.07, 6.45) is 1.09. The lowest BCUT2D eigenvalue weighted by atomic mass is 9.97. The van der Waals surface area contributed by atoms with Crippen LogP contribution in [-0.2, 0) is 15.9 Å². The fraction of sp³-hybridized carbons (Fsp3) is 0.600. The Labute approximate surface area is 150 Å². The topological polar surface area (TPSA) is 62.6 Å². The molecule has 0 saturated carbocycles. The van der Waals surface area contributed by atoms with Crippen molar-refractivity contribution in [2.45, 2.75) is 77.4 Å². The summed E-state index contributed by atoms with van der Waals surface area (Å²) >= 11 is 0. The van der Waals surface area contributed by atoms with Crippen LogP contribution in [0.5, 0.6) is 0 Å². The maximum Gasteiger partial charge on any atom is 0.412 e.